The van der Waals surface area contributed by atoms with Gasteiger partial charge in [-0.2, -0.15) is 11.8 Å². The van der Waals surface area contributed by atoms with Crippen LogP contribution in [0.2, 0.25) is 0 Å². The van der Waals surface area contributed by atoms with Crippen LogP contribution in [0, 0.1) is 5.82 Å². The molecule has 2 rings (SSSR count). The van der Waals surface area contributed by atoms with Crippen molar-refractivity contribution >= 4 is 41.1 Å². The van der Waals surface area contributed by atoms with Crippen LogP contribution in [0.3, 0.4) is 0 Å². The normalized spacial score (nSPS) is 12.4. The highest BCUT2D eigenvalue weighted by Gasteiger charge is 2.23. The molecule has 33 heavy (non-hydrogen) atoms. The third-order valence-electron chi connectivity index (χ3n) is 4.77. The Labute approximate surface area is 195 Å². The number of carboxylic acid groups (broad SMARTS) is 1. The van der Waals surface area contributed by atoms with Crippen LogP contribution in [0.25, 0.3) is 0 Å². The first-order valence-corrected chi connectivity index (χ1v) is 11.3. The zero-order chi connectivity index (χ0) is 24.5. The molecule has 0 fully saturated rings. The second kappa shape index (κ2) is 12.0. The number of nitrogens with two attached hydrogens (primary N) is 1. The Bertz CT molecular complexity index is 972. The number of anilines is 3. The summed E-state index contributed by atoms with van der Waals surface area (Å²) in [6.45, 7) is 1.67. The maximum absolute atomic E-state index is 14.8. The third-order valence-corrected chi connectivity index (χ3v) is 5.41. The van der Waals surface area contributed by atoms with Gasteiger partial charge in [0.25, 0.3) is 5.91 Å². The van der Waals surface area contributed by atoms with E-state index in [0.29, 0.717) is 29.4 Å². The van der Waals surface area contributed by atoms with Gasteiger partial charge in [0.2, 0.25) is 0 Å². The van der Waals surface area contributed by atoms with E-state index < -0.39 is 29.9 Å². The summed E-state index contributed by atoms with van der Waals surface area (Å²) in [6.07, 6.45) is 1.26. The number of ether oxygens (including phenoxy) is 2. The molecule has 0 radical (unpaired) electrons. The number of nitrogens with zero attached hydrogens (tertiary/aromatic N) is 1. The molecule has 0 aliphatic heterocycles. The fourth-order valence-electron chi connectivity index (χ4n) is 3.05. The summed E-state index contributed by atoms with van der Waals surface area (Å²) in [5, 5.41) is 17.3. The number of halogens is 1. The zero-order valence-electron chi connectivity index (χ0n) is 18.8. The minimum atomic E-state index is -1.19. The summed E-state index contributed by atoms with van der Waals surface area (Å²) in [5.41, 5.74) is 5.75. The smallest absolute Gasteiger partial charge is 0.404 e. The van der Waals surface area contributed by atoms with Crippen molar-refractivity contribution < 1.29 is 28.6 Å². The number of aromatic nitrogens is 1. The molecule has 0 unspecified atom stereocenters. The molecule has 2 atom stereocenters. The molecule has 0 spiro atoms. The highest BCUT2D eigenvalue weighted by atomic mass is 32.2. The summed E-state index contributed by atoms with van der Waals surface area (Å²) >= 11 is 1.57. The standard InChI is InChI=1S/C21H28FN5O5S/c1-11(24-21(29)30)17(5-6-33-4)26-20-16(22)10-15(18(23)28)19(27-20)25-12-7-13(31-2)9-14(8-12)32-3/h7-11,17,24H,5-6H2,1-4H3,(H2,23,28)(H,29,30)(H2,25,26,27)/t11-,17+/m0/s1. The van der Waals surface area contributed by atoms with Gasteiger partial charge in [-0.05, 0) is 31.4 Å². The highest BCUT2D eigenvalue weighted by molar-refractivity contribution is 7.98. The Morgan fingerprint density at radius 2 is 1.82 bits per heavy atom. The first-order valence-electron chi connectivity index (χ1n) is 9.93. The molecule has 0 saturated carbocycles. The Hall–Kier alpha value is -3.41. The monoisotopic (exact) mass is 481 g/mol. The number of amides is 2. The summed E-state index contributed by atoms with van der Waals surface area (Å²) in [4.78, 5) is 27.3. The second-order valence-corrected chi connectivity index (χ2v) is 8.06. The number of thioether (sulfide) groups is 1. The fourth-order valence-corrected chi connectivity index (χ4v) is 3.54. The molecule has 10 nitrogen and oxygen atoms in total. The van der Waals surface area contributed by atoms with Crippen molar-refractivity contribution in [1.29, 1.82) is 0 Å². The van der Waals surface area contributed by atoms with Crippen molar-refractivity contribution in [2.24, 2.45) is 5.73 Å². The van der Waals surface area contributed by atoms with Gasteiger partial charge in [-0.25, -0.2) is 14.2 Å². The van der Waals surface area contributed by atoms with Gasteiger partial charge in [0.1, 0.15) is 17.3 Å². The van der Waals surface area contributed by atoms with Crippen LogP contribution in [0.5, 0.6) is 11.5 Å². The van der Waals surface area contributed by atoms with E-state index in [4.69, 9.17) is 20.3 Å². The average molecular weight is 482 g/mol. The van der Waals surface area contributed by atoms with E-state index in [-0.39, 0.29) is 17.2 Å². The Morgan fingerprint density at radius 1 is 1.18 bits per heavy atom. The number of carbonyl (C=O) groups is 2. The molecule has 1 aromatic carbocycles. The molecule has 0 aliphatic rings. The van der Waals surface area contributed by atoms with E-state index in [2.05, 4.69) is 20.9 Å². The molecule has 12 heteroatoms. The van der Waals surface area contributed by atoms with Crippen LogP contribution in [-0.2, 0) is 0 Å². The van der Waals surface area contributed by atoms with Crippen molar-refractivity contribution in [3.05, 3.63) is 35.6 Å². The maximum atomic E-state index is 14.8. The van der Waals surface area contributed by atoms with E-state index in [1.165, 1.54) is 14.2 Å². The topological polar surface area (TPSA) is 148 Å². The number of pyridine rings is 1. The number of carbonyl (C=O) groups excluding carboxylic acids is 1. The first-order chi connectivity index (χ1) is 15.7. The minimum Gasteiger partial charge on any atom is -0.497 e. The van der Waals surface area contributed by atoms with Gasteiger partial charge in [0.05, 0.1) is 19.8 Å². The highest BCUT2D eigenvalue weighted by Crippen LogP contribution is 2.30. The Kier molecular flexibility index (Phi) is 9.40. The van der Waals surface area contributed by atoms with E-state index in [1.54, 1.807) is 36.9 Å². The molecular weight excluding hydrogens is 453 g/mol. The lowest BCUT2D eigenvalue weighted by atomic mass is 10.1. The fraction of sp³-hybridized carbons (Fsp3) is 0.381. The third kappa shape index (κ3) is 7.31. The van der Waals surface area contributed by atoms with Gasteiger partial charge in [0, 0.05) is 36.0 Å². The number of primary amides is 1. The van der Waals surface area contributed by atoms with E-state index >= 15 is 0 Å². The van der Waals surface area contributed by atoms with Gasteiger partial charge >= 0.3 is 6.09 Å². The number of methoxy groups -OCH3 is 2. The SMILES string of the molecule is COc1cc(Nc2nc(N[C@H](CCSC)[C@H](C)NC(=O)O)c(F)cc2C(N)=O)cc(OC)c1. The molecule has 0 aliphatic carbocycles. The number of benzene rings is 1. The lowest BCUT2D eigenvalue weighted by Crippen LogP contribution is -2.45. The molecule has 6 N–H and O–H groups in total. The number of rotatable bonds is 12. The lowest BCUT2D eigenvalue weighted by Gasteiger charge is -2.26. The van der Waals surface area contributed by atoms with Crippen LogP contribution < -0.4 is 31.2 Å². The van der Waals surface area contributed by atoms with Crippen molar-refractivity contribution in [3.8, 4) is 11.5 Å². The van der Waals surface area contributed by atoms with E-state index in [1.807, 2.05) is 6.26 Å². The van der Waals surface area contributed by atoms with Gasteiger partial charge in [-0.3, -0.25) is 4.79 Å². The first kappa shape index (κ1) is 25.8. The van der Waals surface area contributed by atoms with Gasteiger partial charge in [-0.15, -0.1) is 0 Å². The lowest BCUT2D eigenvalue weighted by molar-refractivity contribution is 0.100. The summed E-state index contributed by atoms with van der Waals surface area (Å²) < 4.78 is 25.3. The zero-order valence-corrected chi connectivity index (χ0v) is 19.6. The molecule has 1 heterocycles. The van der Waals surface area contributed by atoms with Crippen LogP contribution in [0.4, 0.5) is 26.5 Å². The molecule has 2 aromatic rings. The Morgan fingerprint density at radius 3 is 2.33 bits per heavy atom. The minimum absolute atomic E-state index is 0.0177. The molecule has 0 bridgehead atoms. The quantitative estimate of drug-likeness (QED) is 0.308. The second-order valence-electron chi connectivity index (χ2n) is 7.08. The predicted molar refractivity (Wildman–Crippen MR) is 127 cm³/mol. The summed E-state index contributed by atoms with van der Waals surface area (Å²) in [5.74, 6) is -0.114. The predicted octanol–water partition coefficient (Wildman–Crippen LogP) is 3.27. The van der Waals surface area contributed by atoms with Gasteiger partial charge < -0.3 is 36.3 Å². The molecule has 2 amide bonds. The number of nitrogens with one attached hydrogen (secondary N) is 3. The number of hydrogen-bond acceptors (Lipinski definition) is 8. The Balaban J connectivity index is 2.44. The largest absolute Gasteiger partial charge is 0.497 e. The van der Waals surface area contributed by atoms with Gasteiger partial charge in [-0.1, -0.05) is 0 Å². The van der Waals surface area contributed by atoms with Crippen LogP contribution in [-0.4, -0.2) is 60.4 Å². The van der Waals surface area contributed by atoms with Crippen LogP contribution in [0.1, 0.15) is 23.7 Å². The van der Waals surface area contributed by atoms with Crippen LogP contribution in [0.15, 0.2) is 24.3 Å². The summed E-state index contributed by atoms with van der Waals surface area (Å²) in [6, 6.07) is 4.94. The maximum Gasteiger partial charge on any atom is 0.404 e. The average Bonchev–Trinajstić information content (AvgIpc) is 2.77. The molecule has 180 valence electrons. The van der Waals surface area contributed by atoms with Crippen molar-refractivity contribution in [3.63, 3.8) is 0 Å². The van der Waals surface area contributed by atoms with Crippen LogP contribution >= 0.6 is 11.8 Å². The van der Waals surface area contributed by atoms with Crippen molar-refractivity contribution in [2.75, 3.05) is 36.9 Å². The van der Waals surface area contributed by atoms with Crippen molar-refractivity contribution in [1.82, 2.24) is 10.3 Å². The number of hydrogen-bond donors (Lipinski definition) is 5. The molecule has 1 aromatic heterocycles. The summed E-state index contributed by atoms with van der Waals surface area (Å²) in [7, 11) is 2.99. The van der Waals surface area contributed by atoms with Crippen molar-refractivity contribution in [2.45, 2.75) is 25.4 Å². The van der Waals surface area contributed by atoms with E-state index in [0.717, 1.165) is 6.07 Å². The van der Waals surface area contributed by atoms with E-state index in [9.17, 15) is 14.0 Å². The van der Waals surface area contributed by atoms with Gasteiger partial charge in [0.15, 0.2) is 11.6 Å². The molecule has 0 saturated heterocycles. The molecular formula is C21H28FN5O5S.